The van der Waals surface area contributed by atoms with Gasteiger partial charge in [0.1, 0.15) is 0 Å². The minimum Gasteiger partial charge on any atom is -0.481 e. The van der Waals surface area contributed by atoms with E-state index in [4.69, 9.17) is 5.11 Å². The third-order valence-electron chi connectivity index (χ3n) is 2.95. The second-order valence-electron chi connectivity index (χ2n) is 4.68. The Morgan fingerprint density at radius 2 is 1.58 bits per heavy atom. The zero-order valence-electron chi connectivity index (χ0n) is 11.4. The van der Waals surface area contributed by atoms with Crippen molar-refractivity contribution in [1.29, 1.82) is 0 Å². The van der Waals surface area contributed by atoms with Crippen LogP contribution < -0.4 is 0 Å². The van der Waals surface area contributed by atoms with Gasteiger partial charge in [-0.2, -0.15) is 0 Å². The molecule has 0 aromatic heterocycles. The molecule has 2 heteroatoms. The molecule has 0 atom stereocenters. The van der Waals surface area contributed by atoms with E-state index in [2.05, 4.69) is 11.8 Å². The normalized spacial score (nSPS) is 9.68. The molecule has 0 bridgehead atoms. The fourth-order valence-electron chi connectivity index (χ4n) is 1.88. The molecule has 0 fully saturated rings. The summed E-state index contributed by atoms with van der Waals surface area (Å²) < 4.78 is 0. The highest BCUT2D eigenvalue weighted by molar-refractivity contribution is 5.66. The monoisotopic (exact) mass is 258 g/mol. The van der Waals surface area contributed by atoms with Crippen LogP contribution in [0.25, 0.3) is 0 Å². The van der Waals surface area contributed by atoms with Crippen LogP contribution in [0.2, 0.25) is 0 Å². The first-order chi connectivity index (χ1) is 9.29. The van der Waals surface area contributed by atoms with Crippen LogP contribution in [0, 0.1) is 11.8 Å². The average molecular weight is 258 g/mol. The van der Waals surface area contributed by atoms with Crippen molar-refractivity contribution >= 4 is 5.97 Å². The Balaban J connectivity index is 1.94. The first-order valence-corrected chi connectivity index (χ1v) is 7.05. The van der Waals surface area contributed by atoms with E-state index in [1.54, 1.807) is 0 Å². The topological polar surface area (TPSA) is 37.3 Å². The number of unbranched alkanes of at least 4 members (excludes halogenated alkanes) is 6. The van der Waals surface area contributed by atoms with Crippen LogP contribution in [-0.2, 0) is 4.79 Å². The lowest BCUT2D eigenvalue weighted by molar-refractivity contribution is -0.137. The highest BCUT2D eigenvalue weighted by Crippen LogP contribution is 2.08. The summed E-state index contributed by atoms with van der Waals surface area (Å²) in [6.45, 7) is 0. The maximum atomic E-state index is 10.3. The Hall–Kier alpha value is -1.75. The standard InChI is InChI=1S/C17H22O2/c18-17(19)15-11-6-4-2-1-3-5-8-12-16-13-9-7-10-14-16/h7,9-10,13-14H,1-6,11,15H2,(H,18,19). The van der Waals surface area contributed by atoms with Crippen molar-refractivity contribution in [3.8, 4) is 11.8 Å². The maximum Gasteiger partial charge on any atom is 0.303 e. The SMILES string of the molecule is O=C(O)CCCCCCCCC#Cc1ccccc1. The molecule has 0 unspecified atom stereocenters. The molecule has 19 heavy (non-hydrogen) atoms. The van der Waals surface area contributed by atoms with E-state index in [1.807, 2.05) is 30.3 Å². The van der Waals surface area contributed by atoms with Gasteiger partial charge in [-0.15, -0.1) is 0 Å². The molecule has 0 aliphatic carbocycles. The molecule has 2 nitrogen and oxygen atoms in total. The van der Waals surface area contributed by atoms with Gasteiger partial charge in [-0.05, 0) is 25.0 Å². The van der Waals surface area contributed by atoms with Gasteiger partial charge in [-0.1, -0.05) is 55.7 Å². The van der Waals surface area contributed by atoms with Gasteiger partial charge in [0.05, 0.1) is 0 Å². The molecule has 0 radical (unpaired) electrons. The molecule has 1 aromatic rings. The predicted octanol–water partition coefficient (Wildman–Crippen LogP) is 4.24. The zero-order valence-corrected chi connectivity index (χ0v) is 11.4. The lowest BCUT2D eigenvalue weighted by Crippen LogP contribution is -1.93. The summed E-state index contributed by atoms with van der Waals surface area (Å²) in [6.07, 6.45) is 7.75. The van der Waals surface area contributed by atoms with Crippen molar-refractivity contribution in [2.24, 2.45) is 0 Å². The molecule has 1 rings (SSSR count). The van der Waals surface area contributed by atoms with E-state index in [1.165, 1.54) is 12.8 Å². The van der Waals surface area contributed by atoms with Crippen molar-refractivity contribution in [3.05, 3.63) is 35.9 Å². The van der Waals surface area contributed by atoms with E-state index in [0.717, 1.165) is 37.7 Å². The molecule has 102 valence electrons. The zero-order chi connectivity index (χ0) is 13.8. The average Bonchev–Trinajstić information content (AvgIpc) is 2.42. The van der Waals surface area contributed by atoms with Gasteiger partial charge >= 0.3 is 5.97 Å². The molecule has 1 aromatic carbocycles. The van der Waals surface area contributed by atoms with Crippen LogP contribution in [0.15, 0.2) is 30.3 Å². The van der Waals surface area contributed by atoms with Gasteiger partial charge in [0.15, 0.2) is 0 Å². The number of rotatable bonds is 8. The van der Waals surface area contributed by atoms with Crippen molar-refractivity contribution < 1.29 is 9.90 Å². The molecule has 0 spiro atoms. The number of benzene rings is 1. The van der Waals surface area contributed by atoms with Crippen LogP contribution in [0.4, 0.5) is 0 Å². The Morgan fingerprint density at radius 1 is 0.947 bits per heavy atom. The summed E-state index contributed by atoms with van der Waals surface area (Å²) >= 11 is 0. The van der Waals surface area contributed by atoms with Crippen molar-refractivity contribution in [2.45, 2.75) is 51.4 Å². The molecular formula is C17H22O2. The van der Waals surface area contributed by atoms with E-state index in [-0.39, 0.29) is 0 Å². The number of hydrogen-bond donors (Lipinski definition) is 1. The van der Waals surface area contributed by atoms with Crippen molar-refractivity contribution in [2.75, 3.05) is 0 Å². The number of carbonyl (C=O) groups is 1. The number of carboxylic acid groups (broad SMARTS) is 1. The summed E-state index contributed by atoms with van der Waals surface area (Å²) in [7, 11) is 0. The quantitative estimate of drug-likeness (QED) is 0.559. The Bertz CT molecular complexity index is 412. The minimum absolute atomic E-state index is 0.308. The van der Waals surface area contributed by atoms with E-state index in [0.29, 0.717) is 6.42 Å². The van der Waals surface area contributed by atoms with Crippen molar-refractivity contribution in [3.63, 3.8) is 0 Å². The molecule has 1 N–H and O–H groups in total. The first-order valence-electron chi connectivity index (χ1n) is 7.05. The molecule has 0 aliphatic rings. The summed E-state index contributed by atoms with van der Waals surface area (Å²) in [4.78, 5) is 10.3. The predicted molar refractivity (Wildman–Crippen MR) is 77.9 cm³/mol. The highest BCUT2D eigenvalue weighted by atomic mass is 16.4. The molecular weight excluding hydrogens is 236 g/mol. The lowest BCUT2D eigenvalue weighted by Gasteiger charge is -1.98. The van der Waals surface area contributed by atoms with Gasteiger partial charge in [-0.25, -0.2) is 0 Å². The molecule has 0 saturated carbocycles. The number of carboxylic acids is 1. The third-order valence-corrected chi connectivity index (χ3v) is 2.95. The first kappa shape index (κ1) is 15.3. The molecule has 0 heterocycles. The lowest BCUT2D eigenvalue weighted by atomic mass is 10.1. The summed E-state index contributed by atoms with van der Waals surface area (Å²) in [6, 6.07) is 10.0. The fraction of sp³-hybridized carbons (Fsp3) is 0.471. The van der Waals surface area contributed by atoms with Gasteiger partial charge in [0.25, 0.3) is 0 Å². The van der Waals surface area contributed by atoms with Crippen molar-refractivity contribution in [1.82, 2.24) is 0 Å². The minimum atomic E-state index is -0.684. The Labute approximate surface area is 115 Å². The molecule has 0 aliphatic heterocycles. The van der Waals surface area contributed by atoms with Gasteiger partial charge in [0.2, 0.25) is 0 Å². The molecule has 0 saturated heterocycles. The number of aliphatic carboxylic acids is 1. The summed E-state index contributed by atoms with van der Waals surface area (Å²) in [5.74, 6) is 5.66. The smallest absolute Gasteiger partial charge is 0.303 e. The maximum absolute atomic E-state index is 10.3. The summed E-state index contributed by atoms with van der Waals surface area (Å²) in [5, 5.41) is 8.49. The van der Waals surface area contributed by atoms with E-state index >= 15 is 0 Å². The van der Waals surface area contributed by atoms with Gasteiger partial charge in [0, 0.05) is 18.4 Å². The highest BCUT2D eigenvalue weighted by Gasteiger charge is 1.96. The van der Waals surface area contributed by atoms with Crippen LogP contribution in [0.5, 0.6) is 0 Å². The van der Waals surface area contributed by atoms with Crippen LogP contribution >= 0.6 is 0 Å². The largest absolute Gasteiger partial charge is 0.481 e. The fourth-order valence-corrected chi connectivity index (χ4v) is 1.88. The third kappa shape index (κ3) is 8.90. The van der Waals surface area contributed by atoms with Crippen LogP contribution in [-0.4, -0.2) is 11.1 Å². The Kier molecular flexibility index (Phi) is 8.22. The molecule has 0 amide bonds. The second-order valence-corrected chi connectivity index (χ2v) is 4.68. The summed E-state index contributed by atoms with van der Waals surface area (Å²) in [5.41, 5.74) is 1.08. The van der Waals surface area contributed by atoms with E-state index < -0.39 is 5.97 Å². The number of hydrogen-bond acceptors (Lipinski definition) is 1. The van der Waals surface area contributed by atoms with E-state index in [9.17, 15) is 4.79 Å². The van der Waals surface area contributed by atoms with Gasteiger partial charge < -0.3 is 5.11 Å². The van der Waals surface area contributed by atoms with Crippen LogP contribution in [0.1, 0.15) is 56.9 Å². The van der Waals surface area contributed by atoms with Gasteiger partial charge in [-0.3, -0.25) is 4.79 Å². The van der Waals surface area contributed by atoms with Crippen LogP contribution in [0.3, 0.4) is 0 Å². The Morgan fingerprint density at radius 3 is 2.26 bits per heavy atom. The second kappa shape index (κ2) is 10.2.